The molecule has 1 aromatic heterocycles. The van der Waals surface area contributed by atoms with Gasteiger partial charge in [-0.15, -0.1) is 0 Å². The van der Waals surface area contributed by atoms with E-state index in [1.54, 1.807) is 0 Å². The summed E-state index contributed by atoms with van der Waals surface area (Å²) in [5, 5.41) is 4.22. The number of anilines is 1. The minimum Gasteiger partial charge on any atom is -0.399 e. The van der Waals surface area contributed by atoms with E-state index in [4.69, 9.17) is 5.73 Å². The van der Waals surface area contributed by atoms with Gasteiger partial charge in [0.15, 0.2) is 0 Å². The van der Waals surface area contributed by atoms with E-state index < -0.39 is 0 Å². The summed E-state index contributed by atoms with van der Waals surface area (Å²) in [4.78, 5) is 0. The molecule has 1 atom stereocenters. The molecule has 3 nitrogen and oxygen atoms in total. The topological polar surface area (TPSA) is 43.8 Å². The Morgan fingerprint density at radius 3 is 2.50 bits per heavy atom. The lowest BCUT2D eigenvalue weighted by molar-refractivity contribution is 1.01. The Morgan fingerprint density at radius 2 is 1.93 bits per heavy atom. The van der Waals surface area contributed by atoms with Gasteiger partial charge in [0.25, 0.3) is 0 Å². The van der Waals surface area contributed by atoms with Crippen molar-refractivity contribution in [2.75, 3.05) is 5.73 Å². The summed E-state index contributed by atoms with van der Waals surface area (Å²) in [5.74, 6) is 0. The maximum atomic E-state index is 5.62. The summed E-state index contributed by atoms with van der Waals surface area (Å²) >= 11 is 2.30. The zero-order valence-electron chi connectivity index (χ0n) is 7.31. The first-order chi connectivity index (χ1) is 6.79. The average Bonchev–Trinajstić information content (AvgIpc) is 2.67. The Bertz CT molecular complexity index is 424. The minimum atomic E-state index is 0.644. The van der Waals surface area contributed by atoms with Gasteiger partial charge in [-0.25, -0.2) is 4.45 Å². The third-order valence-electron chi connectivity index (χ3n) is 1.91. The van der Waals surface area contributed by atoms with Gasteiger partial charge in [0.1, 0.15) is 0 Å². The van der Waals surface area contributed by atoms with Crippen LogP contribution in [0.4, 0.5) is 5.69 Å². The van der Waals surface area contributed by atoms with Crippen molar-refractivity contribution in [3.63, 3.8) is 0 Å². The predicted molar refractivity (Wildman–Crippen MR) is 69.8 cm³/mol. The minimum absolute atomic E-state index is 0.644. The molecule has 0 aliphatic rings. The van der Waals surface area contributed by atoms with Crippen LogP contribution >= 0.6 is 28.4 Å². The van der Waals surface area contributed by atoms with Crippen LogP contribution in [-0.4, -0.2) is 9.55 Å². The van der Waals surface area contributed by atoms with E-state index in [2.05, 4.69) is 27.1 Å². The number of nitrogen functional groups attached to an aromatic ring is 1. The van der Waals surface area contributed by atoms with Crippen molar-refractivity contribution in [2.24, 2.45) is 0 Å². The van der Waals surface area contributed by atoms with Gasteiger partial charge in [-0.05, 0) is 39.7 Å². The van der Waals surface area contributed by atoms with Crippen molar-refractivity contribution in [2.45, 2.75) is 0 Å². The fraction of sp³-hybridized carbons (Fsp3) is 0. The van der Waals surface area contributed by atoms with E-state index in [1.165, 1.54) is 0 Å². The van der Waals surface area contributed by atoms with Gasteiger partial charge in [0.2, 0.25) is 0 Å². The predicted octanol–water partition coefficient (Wildman–Crippen LogP) is 2.92. The fourth-order valence-corrected chi connectivity index (χ4v) is 2.27. The van der Waals surface area contributed by atoms with E-state index >= 15 is 0 Å². The first kappa shape index (κ1) is 9.93. The zero-order chi connectivity index (χ0) is 9.97. The van der Waals surface area contributed by atoms with E-state index in [1.807, 2.05) is 41.1 Å². The lowest BCUT2D eigenvalue weighted by atomic mass is 10.1. The largest absolute Gasteiger partial charge is 0.399 e. The summed E-state index contributed by atoms with van der Waals surface area (Å²) in [6.45, 7) is 0. The lowest BCUT2D eigenvalue weighted by Gasteiger charge is -1.97. The van der Waals surface area contributed by atoms with Gasteiger partial charge in [0, 0.05) is 17.4 Å². The highest BCUT2D eigenvalue weighted by Crippen LogP contribution is 2.26. The van der Waals surface area contributed by atoms with Crippen molar-refractivity contribution in [1.82, 2.24) is 9.55 Å². The Kier molecular flexibility index (Phi) is 3.03. The van der Waals surface area contributed by atoms with E-state index in [-0.39, 0.29) is 0 Å². The second-order valence-corrected chi connectivity index (χ2v) is 4.95. The van der Waals surface area contributed by atoms with Crippen LogP contribution in [0.1, 0.15) is 0 Å². The summed E-state index contributed by atoms with van der Waals surface area (Å²) in [7, 11) is 0. The number of benzene rings is 1. The first-order valence-corrected chi connectivity index (χ1v) is 8.13. The number of rotatable bonds is 2. The summed E-state index contributed by atoms with van der Waals surface area (Å²) in [6.07, 6.45) is 4.55. The molecule has 0 aliphatic heterocycles. The molecule has 0 spiro atoms. The maximum absolute atomic E-state index is 5.62. The normalized spacial score (nSPS) is 11.2. The highest BCUT2D eigenvalue weighted by atomic mass is 127. The molecule has 0 bridgehead atoms. The first-order valence-electron chi connectivity index (χ1n) is 4.07. The van der Waals surface area contributed by atoms with Crippen LogP contribution in [0.15, 0.2) is 36.7 Å². The Hall–Kier alpha value is -0.610. The molecule has 5 heteroatoms. The smallest absolute Gasteiger partial charge is 0.0677 e. The fourth-order valence-electron chi connectivity index (χ4n) is 1.19. The molecule has 2 N–H and O–H groups in total. The molecule has 72 valence electrons. The Morgan fingerprint density at radius 1 is 1.21 bits per heavy atom. The van der Waals surface area contributed by atoms with Crippen LogP contribution in [0, 0.1) is 0 Å². The Labute approximate surface area is 97.0 Å². The van der Waals surface area contributed by atoms with Gasteiger partial charge < -0.3 is 5.73 Å². The van der Waals surface area contributed by atoms with Gasteiger partial charge >= 0.3 is 0 Å². The van der Waals surface area contributed by atoms with Crippen molar-refractivity contribution < 1.29 is 0 Å². The average molecular weight is 317 g/mol. The zero-order valence-corrected chi connectivity index (χ0v) is 10.5. The number of hydrogen-bond acceptors (Lipinski definition) is 2. The quantitative estimate of drug-likeness (QED) is 0.526. The second kappa shape index (κ2) is 4.28. The highest BCUT2D eigenvalue weighted by molar-refractivity contribution is 14.2. The summed E-state index contributed by atoms with van der Waals surface area (Å²) in [6, 6.07) is 7.82. The highest BCUT2D eigenvalue weighted by Gasteiger charge is 2.00. The molecule has 0 aliphatic carbocycles. The van der Waals surface area contributed by atoms with Crippen LogP contribution in [0.5, 0.6) is 0 Å². The van der Waals surface area contributed by atoms with Crippen LogP contribution in [0.3, 0.4) is 0 Å². The molecule has 0 radical (unpaired) electrons. The van der Waals surface area contributed by atoms with Crippen molar-refractivity contribution in [3.05, 3.63) is 36.7 Å². The summed E-state index contributed by atoms with van der Waals surface area (Å²) in [5.41, 5.74) is 8.69. The van der Waals surface area contributed by atoms with E-state index in [9.17, 15) is 0 Å². The van der Waals surface area contributed by atoms with Crippen LogP contribution in [0.2, 0.25) is 0 Å². The van der Waals surface area contributed by atoms with Crippen LogP contribution < -0.4 is 5.73 Å². The molecule has 0 saturated heterocycles. The number of aromatic nitrogens is 2. The standard InChI is InChI=1S/C9H9IN3P/c10-14-13-6-8(5-12-13)7-1-3-9(11)4-2-7/h1-6,14H,11H2. The molecule has 2 aromatic rings. The number of nitrogens with zero attached hydrogens (tertiary/aromatic N) is 2. The maximum Gasteiger partial charge on any atom is 0.0677 e. The van der Waals surface area contributed by atoms with Gasteiger partial charge in [-0.1, -0.05) is 12.1 Å². The lowest BCUT2D eigenvalue weighted by Crippen LogP contribution is -1.82. The second-order valence-electron chi connectivity index (χ2n) is 2.88. The van der Waals surface area contributed by atoms with Crippen molar-refractivity contribution in [3.8, 4) is 11.1 Å². The van der Waals surface area contributed by atoms with Crippen LogP contribution in [0.25, 0.3) is 11.1 Å². The molecule has 0 saturated carbocycles. The number of halogens is 1. The van der Waals surface area contributed by atoms with Crippen molar-refractivity contribution in [1.29, 1.82) is 0 Å². The molecule has 2 rings (SSSR count). The van der Waals surface area contributed by atoms with E-state index in [0.717, 1.165) is 16.8 Å². The monoisotopic (exact) mass is 317 g/mol. The molecule has 1 aromatic carbocycles. The Balaban J connectivity index is 2.34. The molecular formula is C9H9IN3P. The molecule has 0 amide bonds. The van der Waals surface area contributed by atoms with Gasteiger partial charge in [-0.2, -0.15) is 5.10 Å². The molecular weight excluding hydrogens is 308 g/mol. The molecule has 1 heterocycles. The van der Waals surface area contributed by atoms with Crippen LogP contribution in [-0.2, 0) is 0 Å². The number of nitrogens with two attached hydrogens (primary N) is 1. The summed E-state index contributed by atoms with van der Waals surface area (Å²) < 4.78 is 1.92. The molecule has 1 unspecified atom stereocenters. The van der Waals surface area contributed by atoms with Crippen molar-refractivity contribution >= 4 is 34.1 Å². The molecule has 0 fully saturated rings. The molecule has 14 heavy (non-hydrogen) atoms. The van der Waals surface area contributed by atoms with Gasteiger partial charge in [-0.3, -0.25) is 0 Å². The third kappa shape index (κ3) is 2.07. The third-order valence-corrected chi connectivity index (χ3v) is 3.81. The van der Waals surface area contributed by atoms with Gasteiger partial charge in [0.05, 0.1) is 12.6 Å². The number of hydrogen-bond donors (Lipinski definition) is 1. The SMILES string of the molecule is Nc1ccc(-c2cnn(PI)c2)cc1. The van der Waals surface area contributed by atoms with E-state index in [0.29, 0.717) is 6.37 Å².